The van der Waals surface area contributed by atoms with Crippen molar-refractivity contribution >= 4 is 13.6 Å². The van der Waals surface area contributed by atoms with E-state index in [-0.39, 0.29) is 6.42 Å². The molecule has 0 amide bonds. The van der Waals surface area contributed by atoms with Gasteiger partial charge in [-0.25, -0.2) is 0 Å². The Labute approximate surface area is 115 Å². The third-order valence-electron chi connectivity index (χ3n) is 2.36. The first-order valence-corrected chi connectivity index (χ1v) is 7.12. The highest BCUT2D eigenvalue weighted by atomic mass is 31.2. The number of hydrogen-bond donors (Lipinski definition) is 2. The van der Waals surface area contributed by atoms with Gasteiger partial charge in [0.1, 0.15) is 0 Å². The van der Waals surface area contributed by atoms with E-state index in [0.717, 1.165) is 0 Å². The van der Waals surface area contributed by atoms with Crippen LogP contribution < -0.4 is 0 Å². The fourth-order valence-electron chi connectivity index (χ4n) is 1.52. The van der Waals surface area contributed by atoms with Gasteiger partial charge in [-0.2, -0.15) is 26.3 Å². The highest BCUT2D eigenvalue weighted by Crippen LogP contribution is 2.59. The van der Waals surface area contributed by atoms with Gasteiger partial charge in [0.25, 0.3) is 0 Å². The molecule has 0 saturated carbocycles. The average molecular weight is 346 g/mol. The largest absolute Gasteiger partial charge is 0.465 e. The van der Waals surface area contributed by atoms with Crippen LogP contribution in [-0.2, 0) is 14.1 Å². The van der Waals surface area contributed by atoms with Crippen LogP contribution in [0.1, 0.15) is 26.2 Å². The Bertz CT molecular complexity index is 396. The van der Waals surface area contributed by atoms with Crippen LogP contribution in [0.3, 0.4) is 0 Å². The van der Waals surface area contributed by atoms with Gasteiger partial charge in [0.15, 0.2) is 5.16 Å². The summed E-state index contributed by atoms with van der Waals surface area (Å²) in [6.07, 6.45) is -16.0. The molecule has 0 unspecified atom stereocenters. The Morgan fingerprint density at radius 1 is 1.05 bits per heavy atom. The zero-order valence-electron chi connectivity index (χ0n) is 10.7. The lowest BCUT2D eigenvalue weighted by Gasteiger charge is -2.33. The van der Waals surface area contributed by atoms with Crippen LogP contribution in [0.25, 0.3) is 0 Å². The second-order valence-electron chi connectivity index (χ2n) is 4.30. The summed E-state index contributed by atoms with van der Waals surface area (Å²) in [6, 6.07) is 0. The molecule has 12 heteroatoms. The van der Waals surface area contributed by atoms with E-state index in [1.54, 1.807) is 0 Å². The van der Waals surface area contributed by atoms with Crippen molar-refractivity contribution in [2.75, 3.05) is 6.61 Å². The second kappa shape index (κ2) is 6.53. The second-order valence-corrected chi connectivity index (χ2v) is 6.24. The summed E-state index contributed by atoms with van der Waals surface area (Å²) in [5.74, 6) is -2.22. The van der Waals surface area contributed by atoms with Crippen LogP contribution in [-0.4, -0.2) is 39.9 Å². The molecular formula is C9H13F6O5P. The Balaban J connectivity index is 5.86. The topological polar surface area (TPSA) is 83.8 Å². The van der Waals surface area contributed by atoms with Crippen molar-refractivity contribution < 1.29 is 50.2 Å². The average Bonchev–Trinajstić information content (AvgIpc) is 2.18. The predicted octanol–water partition coefficient (Wildman–Crippen LogP) is 2.76. The van der Waals surface area contributed by atoms with E-state index in [1.807, 2.05) is 0 Å². The van der Waals surface area contributed by atoms with Gasteiger partial charge in [-0.3, -0.25) is 9.36 Å². The van der Waals surface area contributed by atoms with Crippen molar-refractivity contribution in [2.24, 2.45) is 0 Å². The van der Waals surface area contributed by atoms with E-state index >= 15 is 0 Å². The molecule has 0 aromatic rings. The quantitative estimate of drug-likeness (QED) is 0.439. The zero-order valence-corrected chi connectivity index (χ0v) is 11.6. The van der Waals surface area contributed by atoms with Crippen molar-refractivity contribution in [3.05, 3.63) is 0 Å². The van der Waals surface area contributed by atoms with Crippen molar-refractivity contribution in [3.63, 3.8) is 0 Å². The molecule has 0 aromatic heterocycles. The van der Waals surface area contributed by atoms with Crippen LogP contribution >= 0.6 is 7.60 Å². The van der Waals surface area contributed by atoms with Crippen LogP contribution in [0.4, 0.5) is 26.3 Å². The molecule has 0 aromatic carbocycles. The Kier molecular flexibility index (Phi) is 6.28. The lowest BCUT2D eigenvalue weighted by atomic mass is 9.99. The summed E-state index contributed by atoms with van der Waals surface area (Å²) >= 11 is 0. The number of alkyl halides is 6. The van der Waals surface area contributed by atoms with Crippen LogP contribution in [0.15, 0.2) is 0 Å². The van der Waals surface area contributed by atoms with Crippen molar-refractivity contribution in [1.82, 2.24) is 0 Å². The molecule has 0 aliphatic rings. The summed E-state index contributed by atoms with van der Waals surface area (Å²) in [5.41, 5.74) is 0. The molecule has 0 atom stereocenters. The Hall–Kier alpha value is -0.800. The number of esters is 1. The molecule has 0 rings (SSSR count). The molecule has 0 radical (unpaired) electrons. The van der Waals surface area contributed by atoms with Gasteiger partial charge in [0.05, 0.1) is 19.4 Å². The third-order valence-corrected chi connectivity index (χ3v) is 3.97. The molecule has 0 fully saturated rings. The lowest BCUT2D eigenvalue weighted by Crippen LogP contribution is -2.47. The SMILES string of the molecule is CCCOC(=O)C(CC(F)(F)F)(CC(F)(F)F)P(=O)(O)O. The Morgan fingerprint density at radius 2 is 1.43 bits per heavy atom. The summed E-state index contributed by atoms with van der Waals surface area (Å²) < 4.78 is 89.9. The number of carbonyl (C=O) groups is 1. The molecule has 2 N–H and O–H groups in total. The molecule has 0 aliphatic heterocycles. The van der Waals surface area contributed by atoms with Crippen molar-refractivity contribution in [1.29, 1.82) is 0 Å². The summed E-state index contributed by atoms with van der Waals surface area (Å²) in [4.78, 5) is 29.4. The summed E-state index contributed by atoms with van der Waals surface area (Å²) in [7, 11) is -6.11. The van der Waals surface area contributed by atoms with E-state index in [1.165, 1.54) is 6.92 Å². The molecule has 21 heavy (non-hydrogen) atoms. The van der Waals surface area contributed by atoms with E-state index in [9.17, 15) is 35.7 Å². The van der Waals surface area contributed by atoms with Gasteiger partial charge < -0.3 is 14.5 Å². The first-order chi connectivity index (χ1) is 9.15. The van der Waals surface area contributed by atoms with E-state index in [2.05, 4.69) is 4.74 Å². The molecule has 0 saturated heterocycles. The molecule has 0 aliphatic carbocycles. The van der Waals surface area contributed by atoms with E-state index in [4.69, 9.17) is 9.79 Å². The fraction of sp³-hybridized carbons (Fsp3) is 0.889. The van der Waals surface area contributed by atoms with Crippen molar-refractivity contribution in [3.8, 4) is 0 Å². The maximum atomic E-state index is 12.4. The van der Waals surface area contributed by atoms with Gasteiger partial charge in [0, 0.05) is 0 Å². The van der Waals surface area contributed by atoms with E-state index < -0.39 is 50.5 Å². The minimum atomic E-state index is -6.11. The summed E-state index contributed by atoms with van der Waals surface area (Å²) in [5, 5.41) is -4.03. The van der Waals surface area contributed by atoms with Crippen LogP contribution in [0, 0.1) is 0 Å². The minimum absolute atomic E-state index is 0.0566. The third kappa shape index (κ3) is 6.23. The number of carbonyl (C=O) groups excluding carboxylic acids is 1. The number of hydrogen-bond acceptors (Lipinski definition) is 3. The standard InChI is InChI=1S/C9H13F6O5P/c1-2-3-20-6(16)7(21(17,18)19,4-8(10,11)12)5-9(13,14)15/h2-5H2,1H3,(H2,17,18,19). The predicted molar refractivity (Wildman–Crippen MR) is 57.4 cm³/mol. The zero-order chi connectivity index (χ0) is 17.1. The molecule has 0 bridgehead atoms. The van der Waals surface area contributed by atoms with Gasteiger partial charge >= 0.3 is 25.9 Å². The molecule has 5 nitrogen and oxygen atoms in total. The van der Waals surface area contributed by atoms with Crippen LogP contribution in [0.2, 0.25) is 0 Å². The van der Waals surface area contributed by atoms with Crippen molar-refractivity contribution in [2.45, 2.75) is 43.7 Å². The van der Waals surface area contributed by atoms with E-state index in [0.29, 0.717) is 0 Å². The molecule has 0 heterocycles. The normalized spacial score (nSPS) is 14.1. The monoisotopic (exact) mass is 346 g/mol. The van der Waals surface area contributed by atoms with Crippen LogP contribution in [0.5, 0.6) is 0 Å². The summed E-state index contributed by atoms with van der Waals surface area (Å²) in [6.45, 7) is 0.844. The number of ether oxygens (including phenoxy) is 1. The first-order valence-electron chi connectivity index (χ1n) is 5.51. The molecule has 126 valence electrons. The number of halogens is 6. The van der Waals surface area contributed by atoms with Gasteiger partial charge in [-0.1, -0.05) is 6.92 Å². The fourth-order valence-corrected chi connectivity index (χ4v) is 2.60. The maximum absolute atomic E-state index is 12.4. The lowest BCUT2D eigenvalue weighted by molar-refractivity contribution is -0.185. The molecular weight excluding hydrogens is 333 g/mol. The highest BCUT2D eigenvalue weighted by molar-refractivity contribution is 7.54. The first kappa shape index (κ1) is 20.2. The molecule has 0 spiro atoms. The number of rotatable bonds is 6. The van der Waals surface area contributed by atoms with Gasteiger partial charge in [0.2, 0.25) is 0 Å². The van der Waals surface area contributed by atoms with Gasteiger partial charge in [-0.15, -0.1) is 0 Å². The van der Waals surface area contributed by atoms with Gasteiger partial charge in [-0.05, 0) is 6.42 Å². The smallest absolute Gasteiger partial charge is 0.390 e. The highest BCUT2D eigenvalue weighted by Gasteiger charge is 2.64. The minimum Gasteiger partial charge on any atom is -0.465 e. The maximum Gasteiger partial charge on any atom is 0.390 e. The Morgan fingerprint density at radius 3 is 1.67 bits per heavy atom.